The highest BCUT2D eigenvalue weighted by Gasteiger charge is 2.62. The molecule has 0 bridgehead atoms. The quantitative estimate of drug-likeness (QED) is 0.310. The lowest BCUT2D eigenvalue weighted by Crippen LogP contribution is -2.59. The van der Waals surface area contributed by atoms with Gasteiger partial charge in [0.1, 0.15) is 23.7 Å². The van der Waals surface area contributed by atoms with Crippen molar-refractivity contribution in [2.24, 2.45) is 17.8 Å². The van der Waals surface area contributed by atoms with Crippen LogP contribution in [-0.2, 0) is 24.4 Å². The maximum absolute atomic E-state index is 15.1. The Labute approximate surface area is 289 Å². The van der Waals surface area contributed by atoms with Crippen LogP contribution in [-0.4, -0.2) is 89.9 Å². The second kappa shape index (κ2) is 13.7. The summed E-state index contributed by atoms with van der Waals surface area (Å²) < 4.78 is 54.1. The van der Waals surface area contributed by atoms with Gasteiger partial charge in [0.25, 0.3) is 5.91 Å². The largest absolute Gasteiger partial charge is 0.494 e. The number of fused-ring (bicyclic) bond motifs is 3. The molecule has 1 aromatic heterocycles. The number of pyridine rings is 1. The molecular formula is C34H42FN5O9S. The Morgan fingerprint density at radius 3 is 2.58 bits per heavy atom. The maximum atomic E-state index is 15.1. The molecule has 4 aliphatic rings. The van der Waals surface area contributed by atoms with Crippen molar-refractivity contribution >= 4 is 44.6 Å². The lowest BCUT2D eigenvalue weighted by atomic mass is 9.88. The Bertz CT molecular complexity index is 1840. The number of allylic oxidation sites excluding steroid dienone is 1. The molecule has 3 fully saturated rings. The van der Waals surface area contributed by atoms with Gasteiger partial charge >= 0.3 is 6.09 Å². The summed E-state index contributed by atoms with van der Waals surface area (Å²) in [5.74, 6) is -3.55. The number of carbonyl (C=O) groups is 4. The predicted octanol–water partition coefficient (Wildman–Crippen LogP) is 2.86. The van der Waals surface area contributed by atoms with E-state index in [1.54, 1.807) is 13.0 Å². The highest BCUT2D eigenvalue weighted by atomic mass is 32.2. The lowest BCUT2D eigenvalue weighted by Gasteiger charge is -2.32. The number of nitrogens with zero attached hydrogens (tertiary/aromatic N) is 2. The average Bonchev–Trinajstić information content (AvgIpc) is 3.99. The van der Waals surface area contributed by atoms with Crippen LogP contribution >= 0.6 is 0 Å². The van der Waals surface area contributed by atoms with E-state index in [1.165, 1.54) is 30.3 Å². The number of hydrogen-bond acceptors (Lipinski definition) is 9. The van der Waals surface area contributed by atoms with Crippen LogP contribution in [0.25, 0.3) is 10.8 Å². The zero-order valence-electron chi connectivity index (χ0n) is 28.1. The SMILES string of the molecule is COc1ccc2c(O[C@@H]3C[C@H]4C(=O)NC5(C(=O)NS(=O)(=O)C6CC6)CC5/C=C\CC[C@@H](C)C[C@@H](C)[C@H](NC(=O)O)C(=O)N4C3)nccc2c1F. The Kier molecular flexibility index (Phi) is 9.68. The summed E-state index contributed by atoms with van der Waals surface area (Å²) in [6.45, 7) is 3.64. The van der Waals surface area contributed by atoms with Gasteiger partial charge in [0.05, 0.1) is 18.9 Å². The smallest absolute Gasteiger partial charge is 0.405 e. The number of halogens is 1. The van der Waals surface area contributed by atoms with Gasteiger partial charge in [-0.3, -0.25) is 19.1 Å². The third-order valence-corrected chi connectivity index (χ3v) is 12.0. The second-order valence-electron chi connectivity index (χ2n) is 14.0. The Morgan fingerprint density at radius 2 is 1.88 bits per heavy atom. The van der Waals surface area contributed by atoms with Crippen LogP contribution in [0.5, 0.6) is 11.6 Å². The summed E-state index contributed by atoms with van der Waals surface area (Å²) >= 11 is 0. The first-order valence-electron chi connectivity index (χ1n) is 16.9. The van der Waals surface area contributed by atoms with Crippen LogP contribution in [0.2, 0.25) is 0 Å². The number of nitrogens with one attached hydrogen (secondary N) is 3. The minimum Gasteiger partial charge on any atom is -0.494 e. The standard InChI is InChI=1S/C34H42FN5O9S/c1-18-6-4-5-7-20-16-34(20,32(43)39-50(46,47)22-8-9-22)38-29(41)25-15-21(17-40(25)31(42)28(19(2)14-18)37-33(44)45)49-30-24-10-11-26(48-3)27(35)23(24)12-13-36-30/h5,7,10-13,18-22,25,28,37H,4,6,8-9,14-17H2,1-3H3,(H,38,41)(H,39,43)(H,44,45)/b7-5-/t18-,19-,20?,21-,25+,28+,34?/m1/s1. The van der Waals surface area contributed by atoms with Crippen molar-refractivity contribution in [3.8, 4) is 11.6 Å². The number of aromatic nitrogens is 1. The normalized spacial score (nSPS) is 30.9. The molecule has 2 aliphatic carbocycles. The summed E-state index contributed by atoms with van der Waals surface area (Å²) in [6, 6.07) is 2.06. The highest BCUT2D eigenvalue weighted by Crippen LogP contribution is 2.46. The molecule has 2 aliphatic heterocycles. The molecule has 2 saturated carbocycles. The van der Waals surface area contributed by atoms with Crippen LogP contribution in [0.3, 0.4) is 0 Å². The number of carboxylic acid groups (broad SMARTS) is 1. The van der Waals surface area contributed by atoms with Crippen molar-refractivity contribution < 1.29 is 46.6 Å². The van der Waals surface area contributed by atoms with E-state index in [9.17, 15) is 32.7 Å². The average molecular weight is 716 g/mol. The van der Waals surface area contributed by atoms with Crippen molar-refractivity contribution in [2.45, 2.75) is 87.8 Å². The third-order valence-electron chi connectivity index (χ3n) is 10.2. The van der Waals surface area contributed by atoms with Gasteiger partial charge in [0, 0.05) is 29.3 Å². The monoisotopic (exact) mass is 715 g/mol. The Balaban J connectivity index is 1.34. The van der Waals surface area contributed by atoms with E-state index in [1.807, 2.05) is 19.1 Å². The molecular weight excluding hydrogens is 673 g/mol. The number of hydrogen-bond donors (Lipinski definition) is 4. The van der Waals surface area contributed by atoms with Gasteiger partial charge in [-0.15, -0.1) is 0 Å². The Morgan fingerprint density at radius 1 is 1.12 bits per heavy atom. The summed E-state index contributed by atoms with van der Waals surface area (Å²) in [5.41, 5.74) is -1.56. The van der Waals surface area contributed by atoms with Crippen molar-refractivity contribution in [1.29, 1.82) is 0 Å². The molecule has 0 radical (unpaired) electrons. The number of carbonyl (C=O) groups excluding carboxylic acids is 3. The summed E-state index contributed by atoms with van der Waals surface area (Å²) in [6.07, 6.45) is 5.68. The van der Waals surface area contributed by atoms with Crippen molar-refractivity contribution in [3.05, 3.63) is 42.4 Å². The topological polar surface area (TPSA) is 193 Å². The Hall–Kier alpha value is -4.47. The molecule has 1 aromatic carbocycles. The summed E-state index contributed by atoms with van der Waals surface area (Å²) in [7, 11) is -2.58. The number of rotatable bonds is 7. The van der Waals surface area contributed by atoms with Crippen molar-refractivity contribution in [1.82, 2.24) is 25.2 Å². The second-order valence-corrected chi connectivity index (χ2v) is 15.9. The van der Waals surface area contributed by atoms with Gasteiger partial charge in [-0.25, -0.2) is 22.6 Å². The third kappa shape index (κ3) is 7.07. The maximum Gasteiger partial charge on any atom is 0.405 e. The van der Waals surface area contributed by atoms with E-state index in [-0.39, 0.29) is 42.3 Å². The molecule has 14 nitrogen and oxygen atoms in total. The predicted molar refractivity (Wildman–Crippen MR) is 178 cm³/mol. The van der Waals surface area contributed by atoms with Crippen LogP contribution in [0.15, 0.2) is 36.5 Å². The molecule has 2 unspecified atom stereocenters. The van der Waals surface area contributed by atoms with E-state index < -0.39 is 80.5 Å². The fourth-order valence-electron chi connectivity index (χ4n) is 7.21. The van der Waals surface area contributed by atoms with Crippen LogP contribution in [0.4, 0.5) is 9.18 Å². The fourth-order valence-corrected chi connectivity index (χ4v) is 8.58. The molecule has 2 aromatic rings. The molecule has 4 amide bonds. The number of ether oxygens (including phenoxy) is 2. The molecule has 4 N–H and O–H groups in total. The molecule has 3 heterocycles. The van der Waals surface area contributed by atoms with Crippen LogP contribution in [0.1, 0.15) is 58.8 Å². The van der Waals surface area contributed by atoms with E-state index in [0.29, 0.717) is 31.1 Å². The number of amides is 4. The number of sulfonamides is 1. The minimum atomic E-state index is -3.92. The van der Waals surface area contributed by atoms with E-state index >= 15 is 4.39 Å². The van der Waals surface area contributed by atoms with E-state index in [0.717, 1.165) is 6.42 Å². The van der Waals surface area contributed by atoms with Crippen LogP contribution in [0, 0.1) is 23.6 Å². The molecule has 1 saturated heterocycles. The van der Waals surface area contributed by atoms with Crippen molar-refractivity contribution in [2.75, 3.05) is 13.7 Å². The van der Waals surface area contributed by atoms with E-state index in [4.69, 9.17) is 9.47 Å². The molecule has 0 spiro atoms. The van der Waals surface area contributed by atoms with Gasteiger partial charge in [0.2, 0.25) is 27.7 Å². The van der Waals surface area contributed by atoms with Gasteiger partial charge < -0.3 is 30.1 Å². The van der Waals surface area contributed by atoms with Gasteiger partial charge in [0.15, 0.2) is 11.6 Å². The summed E-state index contributed by atoms with van der Waals surface area (Å²) in [4.78, 5) is 59.5. The zero-order chi connectivity index (χ0) is 36.0. The first kappa shape index (κ1) is 35.4. The molecule has 6 rings (SSSR count). The first-order valence-corrected chi connectivity index (χ1v) is 18.4. The minimum absolute atomic E-state index is 0.0280. The zero-order valence-corrected chi connectivity index (χ0v) is 28.9. The van der Waals surface area contributed by atoms with E-state index in [2.05, 4.69) is 20.3 Å². The molecule has 7 atom stereocenters. The summed E-state index contributed by atoms with van der Waals surface area (Å²) in [5, 5.41) is 14.7. The van der Waals surface area contributed by atoms with Gasteiger partial charge in [-0.2, -0.15) is 0 Å². The fraction of sp³-hybridized carbons (Fsp3) is 0.559. The molecule has 16 heteroatoms. The van der Waals surface area contributed by atoms with Crippen molar-refractivity contribution in [3.63, 3.8) is 0 Å². The van der Waals surface area contributed by atoms with Gasteiger partial charge in [-0.05, 0) is 68.6 Å². The number of benzene rings is 1. The number of methoxy groups -OCH3 is 1. The molecule has 270 valence electrons. The first-order chi connectivity index (χ1) is 23.7. The van der Waals surface area contributed by atoms with Gasteiger partial charge in [-0.1, -0.05) is 26.0 Å². The molecule has 50 heavy (non-hydrogen) atoms. The van der Waals surface area contributed by atoms with Crippen LogP contribution < -0.4 is 24.8 Å². The lowest BCUT2D eigenvalue weighted by molar-refractivity contribution is -0.142. The highest BCUT2D eigenvalue weighted by molar-refractivity contribution is 7.91.